The number of fused-ring (bicyclic) bond motifs is 2. The predicted octanol–water partition coefficient (Wildman–Crippen LogP) is 4.88. The Hall–Kier alpha value is -3.32. The summed E-state index contributed by atoms with van der Waals surface area (Å²) in [7, 11) is 0. The highest BCUT2D eigenvalue weighted by Gasteiger charge is 2.33. The van der Waals surface area contributed by atoms with Crippen molar-refractivity contribution in [3.63, 3.8) is 0 Å². The molecule has 0 saturated carbocycles. The molecular formula is C23H20N2O4S. The van der Waals surface area contributed by atoms with Crippen LogP contribution in [0.2, 0.25) is 0 Å². The summed E-state index contributed by atoms with van der Waals surface area (Å²) < 4.78 is 18.3. The number of amides is 1. The van der Waals surface area contributed by atoms with Crippen LogP contribution in [0.3, 0.4) is 0 Å². The van der Waals surface area contributed by atoms with Crippen molar-refractivity contribution in [2.75, 3.05) is 11.5 Å². The first-order valence-corrected chi connectivity index (χ1v) is 10.5. The van der Waals surface area contributed by atoms with Gasteiger partial charge in [0.2, 0.25) is 6.10 Å². The monoisotopic (exact) mass is 420 g/mol. The third kappa shape index (κ3) is 3.31. The molecule has 2 aromatic heterocycles. The summed E-state index contributed by atoms with van der Waals surface area (Å²) in [5.74, 6) is 1.67. The van der Waals surface area contributed by atoms with Crippen molar-refractivity contribution in [3.05, 3.63) is 71.7 Å². The van der Waals surface area contributed by atoms with Crippen LogP contribution in [0.25, 0.3) is 10.2 Å². The molecule has 1 atom stereocenters. The van der Waals surface area contributed by atoms with E-state index >= 15 is 0 Å². The zero-order valence-corrected chi connectivity index (χ0v) is 17.4. The maximum absolute atomic E-state index is 13.5. The number of thiazole rings is 1. The Kier molecular flexibility index (Phi) is 4.67. The van der Waals surface area contributed by atoms with Crippen molar-refractivity contribution in [3.8, 4) is 11.5 Å². The largest absolute Gasteiger partial charge is 0.485 e. The Morgan fingerprint density at radius 3 is 2.77 bits per heavy atom. The van der Waals surface area contributed by atoms with E-state index in [1.165, 1.54) is 16.9 Å². The van der Waals surface area contributed by atoms with Crippen LogP contribution in [-0.2, 0) is 11.3 Å². The minimum Gasteiger partial charge on any atom is -0.485 e. The van der Waals surface area contributed by atoms with Crippen molar-refractivity contribution >= 4 is 32.6 Å². The first-order valence-electron chi connectivity index (χ1n) is 9.69. The number of ether oxygens (including phenoxy) is 2. The second-order valence-electron chi connectivity index (χ2n) is 7.22. The highest BCUT2D eigenvalue weighted by Crippen LogP contribution is 2.35. The summed E-state index contributed by atoms with van der Waals surface area (Å²) in [5, 5.41) is 0.613. The average Bonchev–Trinajstić information content (AvgIpc) is 3.44. The first-order chi connectivity index (χ1) is 14.6. The molecule has 1 aliphatic heterocycles. The standard InChI is InChI=1S/C23H20N2O4S/c1-14-9-10-20-21(15(14)2)24-23(30-20)25(12-16-6-5-11-27-16)22(26)19-13-28-17-7-3-4-8-18(17)29-19/h3-11,19H,12-13H2,1-2H3. The molecule has 4 aromatic rings. The molecule has 3 heterocycles. The summed E-state index contributed by atoms with van der Waals surface area (Å²) in [4.78, 5) is 19.9. The number of furan rings is 1. The Morgan fingerprint density at radius 2 is 1.97 bits per heavy atom. The minimum absolute atomic E-state index is 0.146. The summed E-state index contributed by atoms with van der Waals surface area (Å²) in [6, 6.07) is 15.1. The van der Waals surface area contributed by atoms with Gasteiger partial charge in [-0.3, -0.25) is 9.69 Å². The molecule has 0 N–H and O–H groups in total. The molecule has 30 heavy (non-hydrogen) atoms. The van der Waals surface area contributed by atoms with E-state index < -0.39 is 6.10 Å². The molecule has 5 rings (SSSR count). The zero-order valence-electron chi connectivity index (χ0n) is 16.6. The number of anilines is 1. The molecule has 0 fully saturated rings. The fourth-order valence-electron chi connectivity index (χ4n) is 3.44. The molecule has 0 bridgehead atoms. The molecular weight excluding hydrogens is 400 g/mol. The Bertz CT molecular complexity index is 1220. The predicted molar refractivity (Wildman–Crippen MR) is 115 cm³/mol. The Morgan fingerprint density at radius 1 is 1.13 bits per heavy atom. The number of carbonyl (C=O) groups excluding carboxylic acids is 1. The zero-order chi connectivity index (χ0) is 20.7. The third-order valence-electron chi connectivity index (χ3n) is 5.25. The molecule has 6 nitrogen and oxygen atoms in total. The summed E-state index contributed by atoms with van der Waals surface area (Å²) in [6.45, 7) is 4.53. The van der Waals surface area contributed by atoms with Crippen molar-refractivity contribution in [2.45, 2.75) is 26.5 Å². The van der Waals surface area contributed by atoms with Gasteiger partial charge < -0.3 is 13.9 Å². The fraction of sp³-hybridized carbons (Fsp3) is 0.217. The number of hydrogen-bond acceptors (Lipinski definition) is 6. The number of para-hydroxylation sites is 2. The second kappa shape index (κ2) is 7.50. The summed E-state index contributed by atoms with van der Waals surface area (Å²) in [5.41, 5.74) is 3.20. The third-order valence-corrected chi connectivity index (χ3v) is 6.29. The molecule has 152 valence electrons. The lowest BCUT2D eigenvalue weighted by atomic mass is 10.1. The van der Waals surface area contributed by atoms with Gasteiger partial charge >= 0.3 is 0 Å². The summed E-state index contributed by atoms with van der Waals surface area (Å²) in [6.07, 6.45) is 0.838. The van der Waals surface area contributed by atoms with Crippen molar-refractivity contribution in [2.24, 2.45) is 0 Å². The van der Waals surface area contributed by atoms with Gasteiger partial charge in [0.1, 0.15) is 12.4 Å². The SMILES string of the molecule is Cc1ccc2sc(N(Cc3ccco3)C(=O)C3COc4ccccc4O3)nc2c1C. The Labute approximate surface area is 177 Å². The maximum Gasteiger partial charge on any atom is 0.273 e. The van der Waals surface area contributed by atoms with Crippen LogP contribution in [0.5, 0.6) is 11.5 Å². The molecule has 0 saturated heterocycles. The number of hydrogen-bond donors (Lipinski definition) is 0. The average molecular weight is 420 g/mol. The molecule has 0 spiro atoms. The van der Waals surface area contributed by atoms with E-state index in [4.69, 9.17) is 18.9 Å². The summed E-state index contributed by atoms with van der Waals surface area (Å²) >= 11 is 1.48. The smallest absolute Gasteiger partial charge is 0.273 e. The van der Waals surface area contributed by atoms with Crippen LogP contribution in [-0.4, -0.2) is 23.6 Å². The van der Waals surface area contributed by atoms with E-state index in [0.717, 1.165) is 15.8 Å². The number of aromatic nitrogens is 1. The fourth-order valence-corrected chi connectivity index (χ4v) is 4.47. The van der Waals surface area contributed by atoms with E-state index in [9.17, 15) is 4.79 Å². The van der Waals surface area contributed by atoms with Crippen molar-refractivity contribution < 1.29 is 18.7 Å². The lowest BCUT2D eigenvalue weighted by Crippen LogP contribution is -2.46. The van der Waals surface area contributed by atoms with E-state index in [2.05, 4.69) is 19.9 Å². The lowest BCUT2D eigenvalue weighted by Gasteiger charge is -2.29. The van der Waals surface area contributed by atoms with E-state index in [-0.39, 0.29) is 19.1 Å². The molecule has 7 heteroatoms. The topological polar surface area (TPSA) is 64.8 Å². The van der Waals surface area contributed by atoms with Crippen LogP contribution in [0.1, 0.15) is 16.9 Å². The van der Waals surface area contributed by atoms with Gasteiger partial charge in [0, 0.05) is 0 Å². The number of rotatable bonds is 4. The first kappa shape index (κ1) is 18.7. The van der Waals surface area contributed by atoms with Crippen LogP contribution in [0, 0.1) is 13.8 Å². The van der Waals surface area contributed by atoms with E-state index in [0.29, 0.717) is 22.4 Å². The van der Waals surface area contributed by atoms with Crippen LogP contribution >= 0.6 is 11.3 Å². The van der Waals surface area contributed by atoms with Crippen LogP contribution < -0.4 is 14.4 Å². The van der Waals surface area contributed by atoms with Crippen molar-refractivity contribution in [1.82, 2.24) is 4.98 Å². The number of carbonyl (C=O) groups is 1. The second-order valence-corrected chi connectivity index (χ2v) is 8.23. The number of nitrogens with zero attached hydrogens (tertiary/aromatic N) is 2. The lowest BCUT2D eigenvalue weighted by molar-refractivity contribution is -0.127. The van der Waals surface area contributed by atoms with Gasteiger partial charge in [-0.05, 0) is 55.3 Å². The molecule has 1 unspecified atom stereocenters. The van der Waals surface area contributed by atoms with Crippen molar-refractivity contribution in [1.29, 1.82) is 0 Å². The minimum atomic E-state index is -0.760. The quantitative estimate of drug-likeness (QED) is 0.471. The van der Waals surface area contributed by atoms with Gasteiger partial charge in [-0.1, -0.05) is 29.5 Å². The molecule has 1 aliphatic rings. The molecule has 1 amide bonds. The maximum atomic E-state index is 13.5. The van der Waals surface area contributed by atoms with Gasteiger partial charge in [0.05, 0.1) is 23.0 Å². The highest BCUT2D eigenvalue weighted by molar-refractivity contribution is 7.22. The molecule has 0 radical (unpaired) electrons. The van der Waals surface area contributed by atoms with Gasteiger partial charge in [-0.2, -0.15) is 0 Å². The highest BCUT2D eigenvalue weighted by atomic mass is 32.1. The van der Waals surface area contributed by atoms with E-state index in [1.807, 2.05) is 30.3 Å². The van der Waals surface area contributed by atoms with Gasteiger partial charge in [0.25, 0.3) is 5.91 Å². The van der Waals surface area contributed by atoms with Gasteiger partial charge in [-0.25, -0.2) is 4.98 Å². The van der Waals surface area contributed by atoms with E-state index in [1.54, 1.807) is 23.3 Å². The normalized spacial score (nSPS) is 15.3. The number of aryl methyl sites for hydroxylation is 2. The molecule has 0 aliphatic carbocycles. The molecule has 2 aromatic carbocycles. The Balaban J connectivity index is 1.51. The van der Waals surface area contributed by atoms with Crippen LogP contribution in [0.4, 0.5) is 5.13 Å². The van der Waals surface area contributed by atoms with Gasteiger partial charge in [0.15, 0.2) is 16.6 Å². The number of benzene rings is 2. The van der Waals surface area contributed by atoms with Gasteiger partial charge in [-0.15, -0.1) is 0 Å². The van der Waals surface area contributed by atoms with Crippen LogP contribution in [0.15, 0.2) is 59.2 Å².